The van der Waals surface area contributed by atoms with Crippen molar-refractivity contribution < 1.29 is 28.6 Å². The summed E-state index contributed by atoms with van der Waals surface area (Å²) in [4.78, 5) is 38.1. The van der Waals surface area contributed by atoms with E-state index >= 15 is 0 Å². The van der Waals surface area contributed by atoms with Gasteiger partial charge >= 0.3 is 17.9 Å². The second-order valence-corrected chi connectivity index (χ2v) is 20.8. The summed E-state index contributed by atoms with van der Waals surface area (Å²) >= 11 is 0. The molecule has 1 atom stereocenters. The van der Waals surface area contributed by atoms with Crippen LogP contribution in [0.3, 0.4) is 0 Å². The van der Waals surface area contributed by atoms with Crippen LogP contribution in [0.4, 0.5) is 0 Å². The summed E-state index contributed by atoms with van der Waals surface area (Å²) < 4.78 is 16.9. The maximum atomic E-state index is 12.9. The molecule has 0 aromatic heterocycles. The summed E-state index contributed by atoms with van der Waals surface area (Å²) in [5.74, 6) is -0.0166. The lowest BCUT2D eigenvalue weighted by molar-refractivity contribution is -0.167. The van der Waals surface area contributed by atoms with Crippen LogP contribution in [-0.2, 0) is 28.6 Å². The first kappa shape index (κ1) is 63.4. The van der Waals surface area contributed by atoms with Gasteiger partial charge in [-0.05, 0) is 25.2 Å². The molecule has 0 aliphatic rings. The van der Waals surface area contributed by atoms with E-state index < -0.39 is 6.10 Å². The van der Waals surface area contributed by atoms with Crippen molar-refractivity contribution in [3.8, 4) is 0 Å². The monoisotopic (exact) mass is 919 g/mol. The first-order chi connectivity index (χ1) is 31.9. The quantitative estimate of drug-likeness (QED) is 0.0344. The van der Waals surface area contributed by atoms with Crippen molar-refractivity contribution in [2.24, 2.45) is 5.92 Å². The van der Waals surface area contributed by atoms with Gasteiger partial charge in [0.25, 0.3) is 0 Å². The fraction of sp³-hybridized carbons (Fsp3) is 0.949. The zero-order valence-electron chi connectivity index (χ0n) is 44.5. The summed E-state index contributed by atoms with van der Waals surface area (Å²) in [6.45, 7) is 9.05. The van der Waals surface area contributed by atoms with Gasteiger partial charge in [0.2, 0.25) is 0 Å². The molecule has 0 heterocycles. The van der Waals surface area contributed by atoms with Gasteiger partial charge in [0.1, 0.15) is 13.2 Å². The van der Waals surface area contributed by atoms with Gasteiger partial charge < -0.3 is 14.2 Å². The van der Waals surface area contributed by atoms with E-state index in [9.17, 15) is 14.4 Å². The Morgan fingerprint density at radius 3 is 0.754 bits per heavy atom. The normalized spacial score (nSPS) is 12.0. The number of hydrogen-bond acceptors (Lipinski definition) is 6. The molecule has 0 aliphatic heterocycles. The van der Waals surface area contributed by atoms with E-state index in [1.54, 1.807) is 0 Å². The number of carbonyl (C=O) groups excluding carboxylic acids is 3. The van der Waals surface area contributed by atoms with Crippen molar-refractivity contribution in [1.29, 1.82) is 0 Å². The molecule has 0 bridgehead atoms. The molecule has 386 valence electrons. The Morgan fingerprint density at radius 1 is 0.292 bits per heavy atom. The maximum Gasteiger partial charge on any atom is 0.306 e. The van der Waals surface area contributed by atoms with Crippen molar-refractivity contribution in [3.63, 3.8) is 0 Å². The number of hydrogen-bond donors (Lipinski definition) is 0. The van der Waals surface area contributed by atoms with Gasteiger partial charge in [0, 0.05) is 19.3 Å². The zero-order chi connectivity index (χ0) is 47.4. The average molecular weight is 920 g/mol. The van der Waals surface area contributed by atoms with Gasteiger partial charge in [0.15, 0.2) is 6.10 Å². The molecular weight excluding hydrogens is 805 g/mol. The highest BCUT2D eigenvalue weighted by atomic mass is 16.6. The van der Waals surface area contributed by atoms with Gasteiger partial charge in [-0.15, -0.1) is 0 Å². The number of rotatable bonds is 54. The summed E-state index contributed by atoms with van der Waals surface area (Å²) in [6.07, 6.45) is 58.1. The predicted octanol–water partition coefficient (Wildman–Crippen LogP) is 19.4. The zero-order valence-corrected chi connectivity index (χ0v) is 44.5. The lowest BCUT2D eigenvalue weighted by atomic mass is 10.0. The standard InChI is InChI=1S/C59H114O6/c1-5-7-9-11-13-15-17-19-21-23-25-27-29-34-38-42-46-50-57(60)63-53-56(54-64-58(61)51-47-43-39-35-32-31-33-37-41-45-49-55(3)4)65-59(62)52-48-44-40-36-30-28-26-24-22-20-18-16-14-12-10-8-6-2/h55-56H,5-54H2,1-4H3/t56-/m1/s1. The third-order valence-corrected chi connectivity index (χ3v) is 13.5. The van der Waals surface area contributed by atoms with Crippen molar-refractivity contribution in [1.82, 2.24) is 0 Å². The van der Waals surface area contributed by atoms with E-state index in [0.29, 0.717) is 19.3 Å². The number of ether oxygens (including phenoxy) is 3. The fourth-order valence-electron chi connectivity index (χ4n) is 9.10. The highest BCUT2D eigenvalue weighted by molar-refractivity contribution is 5.71. The molecular formula is C59H114O6. The Morgan fingerprint density at radius 2 is 0.508 bits per heavy atom. The van der Waals surface area contributed by atoms with Crippen LogP contribution in [-0.4, -0.2) is 37.2 Å². The van der Waals surface area contributed by atoms with Crippen molar-refractivity contribution in [3.05, 3.63) is 0 Å². The van der Waals surface area contributed by atoms with Crippen LogP contribution in [0.15, 0.2) is 0 Å². The van der Waals surface area contributed by atoms with Gasteiger partial charge in [-0.2, -0.15) is 0 Å². The molecule has 0 saturated carbocycles. The van der Waals surface area contributed by atoms with E-state index in [-0.39, 0.29) is 31.1 Å². The fourth-order valence-corrected chi connectivity index (χ4v) is 9.10. The molecule has 0 rings (SSSR count). The predicted molar refractivity (Wildman–Crippen MR) is 280 cm³/mol. The molecule has 0 aliphatic carbocycles. The minimum atomic E-state index is -0.762. The summed E-state index contributed by atoms with van der Waals surface area (Å²) in [5.41, 5.74) is 0. The van der Waals surface area contributed by atoms with Crippen LogP contribution in [0.5, 0.6) is 0 Å². The SMILES string of the molecule is CCCCCCCCCCCCCCCCCCCC(=O)OC[C@H](COC(=O)CCCCCCCCCCCCC(C)C)OC(=O)CCCCCCCCCCCCCCCCCCC. The Balaban J connectivity index is 4.28. The number of unbranched alkanes of at least 4 members (excludes halogenated alkanes) is 41. The molecule has 0 N–H and O–H groups in total. The first-order valence-corrected chi connectivity index (χ1v) is 29.4. The lowest BCUT2D eigenvalue weighted by Gasteiger charge is -2.18. The number of esters is 3. The van der Waals surface area contributed by atoms with Crippen LogP contribution in [0.25, 0.3) is 0 Å². The minimum absolute atomic E-state index is 0.0619. The molecule has 6 nitrogen and oxygen atoms in total. The Bertz CT molecular complexity index is 980. The molecule has 0 spiro atoms. The van der Waals surface area contributed by atoms with E-state index in [4.69, 9.17) is 14.2 Å². The summed E-state index contributed by atoms with van der Waals surface area (Å²) in [7, 11) is 0. The second kappa shape index (κ2) is 53.4. The van der Waals surface area contributed by atoms with Crippen molar-refractivity contribution in [2.75, 3.05) is 13.2 Å². The molecule has 0 aromatic carbocycles. The third kappa shape index (κ3) is 53.2. The first-order valence-electron chi connectivity index (χ1n) is 29.4. The van der Waals surface area contributed by atoms with Gasteiger partial charge in [0.05, 0.1) is 0 Å². The Hall–Kier alpha value is -1.59. The van der Waals surface area contributed by atoms with E-state index in [2.05, 4.69) is 27.7 Å². The molecule has 0 fully saturated rings. The van der Waals surface area contributed by atoms with Gasteiger partial charge in [-0.25, -0.2) is 0 Å². The van der Waals surface area contributed by atoms with Crippen molar-refractivity contribution >= 4 is 17.9 Å². The minimum Gasteiger partial charge on any atom is -0.462 e. The molecule has 0 aromatic rings. The van der Waals surface area contributed by atoms with Crippen LogP contribution in [0, 0.1) is 5.92 Å². The van der Waals surface area contributed by atoms with Crippen molar-refractivity contribution in [2.45, 2.75) is 342 Å². The molecule has 0 radical (unpaired) electrons. The highest BCUT2D eigenvalue weighted by Gasteiger charge is 2.19. The van der Waals surface area contributed by atoms with E-state index in [1.165, 1.54) is 231 Å². The van der Waals surface area contributed by atoms with Crippen LogP contribution >= 0.6 is 0 Å². The third-order valence-electron chi connectivity index (χ3n) is 13.5. The maximum absolute atomic E-state index is 12.9. The van der Waals surface area contributed by atoms with Crippen LogP contribution in [0.1, 0.15) is 336 Å². The van der Waals surface area contributed by atoms with Crippen LogP contribution < -0.4 is 0 Å². The molecule has 6 heteroatoms. The average Bonchev–Trinajstić information content (AvgIpc) is 3.29. The molecule has 0 saturated heterocycles. The smallest absolute Gasteiger partial charge is 0.306 e. The number of carbonyl (C=O) groups is 3. The molecule has 65 heavy (non-hydrogen) atoms. The largest absolute Gasteiger partial charge is 0.462 e. The van der Waals surface area contributed by atoms with Gasteiger partial charge in [-0.1, -0.05) is 297 Å². The summed E-state index contributed by atoms with van der Waals surface area (Å²) in [5, 5.41) is 0. The van der Waals surface area contributed by atoms with Crippen LogP contribution in [0.2, 0.25) is 0 Å². The Kier molecular flexibility index (Phi) is 52.1. The van der Waals surface area contributed by atoms with E-state index in [1.807, 2.05) is 0 Å². The van der Waals surface area contributed by atoms with Gasteiger partial charge in [-0.3, -0.25) is 14.4 Å². The molecule has 0 unspecified atom stereocenters. The Labute approximate surface area is 406 Å². The summed E-state index contributed by atoms with van der Waals surface area (Å²) in [6, 6.07) is 0. The lowest BCUT2D eigenvalue weighted by Crippen LogP contribution is -2.30. The topological polar surface area (TPSA) is 78.9 Å². The second-order valence-electron chi connectivity index (χ2n) is 20.8. The highest BCUT2D eigenvalue weighted by Crippen LogP contribution is 2.18. The molecule has 0 amide bonds. The van der Waals surface area contributed by atoms with E-state index in [0.717, 1.165) is 63.7 Å².